The fourth-order valence-electron chi connectivity index (χ4n) is 5.12. The molecule has 2 aromatic heterocycles. The maximum Gasteiger partial charge on any atom is 0.307 e. The molecule has 1 aliphatic heterocycles. The molecule has 9 heteroatoms. The number of carbonyl (C=O) groups is 1. The Balaban J connectivity index is 0.000000714. The Morgan fingerprint density at radius 2 is 1.68 bits per heavy atom. The summed E-state index contributed by atoms with van der Waals surface area (Å²) in [5.74, 6) is 0.229. The van der Waals surface area contributed by atoms with Crippen LogP contribution in [0.2, 0.25) is 0 Å². The number of hydrogen-bond acceptors (Lipinski definition) is 7. The van der Waals surface area contributed by atoms with Crippen LogP contribution in [0.5, 0.6) is 5.75 Å². The Labute approximate surface area is 241 Å². The van der Waals surface area contributed by atoms with Crippen LogP contribution in [0, 0.1) is 20.8 Å². The number of aromatic nitrogens is 3. The van der Waals surface area contributed by atoms with Gasteiger partial charge in [-0.3, -0.25) is 4.79 Å². The Kier molecular flexibility index (Phi) is 8.99. The summed E-state index contributed by atoms with van der Waals surface area (Å²) in [5, 5.41) is 28.4. The maximum absolute atomic E-state index is 12.0. The number of rotatable bonds is 8. The van der Waals surface area contributed by atoms with Crippen LogP contribution in [0.25, 0.3) is 22.0 Å². The second-order valence-electron chi connectivity index (χ2n) is 11.4. The van der Waals surface area contributed by atoms with Gasteiger partial charge in [0, 0.05) is 37.2 Å². The van der Waals surface area contributed by atoms with Crippen molar-refractivity contribution in [2.75, 3.05) is 24.7 Å². The third-order valence-electron chi connectivity index (χ3n) is 6.82. The standard InChI is InChI=1S/C28H30N4O4.C4H10O/c1-17-5-7-20(8-6-17)25-22(14-24(34)35)19(3)26-27-23(25)13-18(2)31(27)9-10-32(26)28-29-15-21(16-30-28)36-12-4-11-33;1-4(2,3)5/h5-8,13,15-16,33H,4,9-12,14H2,1-3H3,(H,34,35);5H,1-3H3. The molecule has 0 unspecified atom stereocenters. The van der Waals surface area contributed by atoms with Crippen molar-refractivity contribution in [2.45, 2.75) is 66.5 Å². The lowest BCUT2D eigenvalue weighted by Gasteiger charge is -2.33. The summed E-state index contributed by atoms with van der Waals surface area (Å²) < 4.78 is 7.90. The minimum absolute atomic E-state index is 0.0678. The van der Waals surface area contributed by atoms with E-state index in [1.165, 1.54) is 0 Å². The van der Waals surface area contributed by atoms with E-state index in [1.54, 1.807) is 33.2 Å². The lowest BCUT2D eigenvalue weighted by Crippen LogP contribution is -2.30. The monoisotopic (exact) mass is 560 g/mol. The van der Waals surface area contributed by atoms with E-state index in [9.17, 15) is 9.90 Å². The van der Waals surface area contributed by atoms with Crippen molar-refractivity contribution in [2.24, 2.45) is 0 Å². The van der Waals surface area contributed by atoms with Crippen LogP contribution in [0.1, 0.15) is 49.6 Å². The van der Waals surface area contributed by atoms with E-state index in [0.717, 1.165) is 56.6 Å². The van der Waals surface area contributed by atoms with Gasteiger partial charge in [0.2, 0.25) is 5.95 Å². The second kappa shape index (κ2) is 12.3. The van der Waals surface area contributed by atoms with E-state index in [4.69, 9.17) is 14.9 Å². The minimum atomic E-state index is -0.864. The van der Waals surface area contributed by atoms with Gasteiger partial charge in [-0.1, -0.05) is 29.8 Å². The summed E-state index contributed by atoms with van der Waals surface area (Å²) in [6, 6.07) is 10.4. The first-order valence-corrected chi connectivity index (χ1v) is 13.9. The molecular formula is C32H40N4O5. The third kappa shape index (κ3) is 6.86. The van der Waals surface area contributed by atoms with Crippen molar-refractivity contribution in [3.8, 4) is 16.9 Å². The minimum Gasteiger partial charge on any atom is -0.490 e. The van der Waals surface area contributed by atoms with E-state index in [0.29, 0.717) is 31.3 Å². The number of nitrogens with zero attached hydrogens (tertiary/aromatic N) is 4. The second-order valence-corrected chi connectivity index (χ2v) is 11.4. The topological polar surface area (TPSA) is 121 Å². The zero-order chi connectivity index (χ0) is 29.9. The summed E-state index contributed by atoms with van der Waals surface area (Å²) in [4.78, 5) is 23.2. The van der Waals surface area contributed by atoms with Gasteiger partial charge in [0.1, 0.15) is 0 Å². The third-order valence-corrected chi connectivity index (χ3v) is 6.82. The number of aryl methyl sites for hydroxylation is 2. The summed E-state index contributed by atoms with van der Waals surface area (Å²) in [7, 11) is 0. The molecule has 0 radical (unpaired) electrons. The number of aliphatic hydroxyl groups excluding tert-OH is 1. The largest absolute Gasteiger partial charge is 0.490 e. The molecule has 0 fully saturated rings. The van der Waals surface area contributed by atoms with E-state index >= 15 is 0 Å². The number of aliphatic hydroxyl groups is 2. The average molecular weight is 561 g/mol. The number of carboxylic acid groups (broad SMARTS) is 1. The van der Waals surface area contributed by atoms with Crippen LogP contribution in [0.4, 0.5) is 11.6 Å². The van der Waals surface area contributed by atoms with Crippen LogP contribution in [0.15, 0.2) is 42.7 Å². The molecule has 3 heterocycles. The van der Waals surface area contributed by atoms with E-state index < -0.39 is 11.6 Å². The van der Waals surface area contributed by atoms with Crippen molar-refractivity contribution >= 4 is 28.5 Å². The van der Waals surface area contributed by atoms with Crippen LogP contribution in [-0.2, 0) is 17.8 Å². The molecule has 41 heavy (non-hydrogen) atoms. The van der Waals surface area contributed by atoms with Crippen LogP contribution >= 0.6 is 0 Å². The molecular weight excluding hydrogens is 520 g/mol. The highest BCUT2D eigenvalue weighted by Crippen LogP contribution is 2.46. The molecule has 0 saturated carbocycles. The molecule has 3 N–H and O–H groups in total. The molecule has 0 amide bonds. The molecule has 5 rings (SSSR count). The molecule has 0 aliphatic carbocycles. The average Bonchev–Trinajstić information content (AvgIpc) is 3.23. The molecule has 2 aromatic carbocycles. The lowest BCUT2D eigenvalue weighted by molar-refractivity contribution is -0.136. The highest BCUT2D eigenvalue weighted by Gasteiger charge is 2.30. The van der Waals surface area contributed by atoms with Gasteiger partial charge < -0.3 is 29.5 Å². The predicted molar refractivity (Wildman–Crippen MR) is 161 cm³/mol. The summed E-state index contributed by atoms with van der Waals surface area (Å²) in [6.45, 7) is 13.3. The molecule has 0 atom stereocenters. The van der Waals surface area contributed by atoms with Gasteiger partial charge in [-0.25, -0.2) is 9.97 Å². The maximum atomic E-state index is 12.0. The fraction of sp³-hybridized carbons (Fsp3) is 0.406. The number of anilines is 2. The van der Waals surface area contributed by atoms with Crippen molar-refractivity contribution in [3.05, 3.63) is 65.1 Å². The number of benzene rings is 2. The van der Waals surface area contributed by atoms with Gasteiger partial charge in [0.05, 0.1) is 42.2 Å². The molecule has 1 aliphatic rings. The molecule has 218 valence electrons. The first-order chi connectivity index (χ1) is 19.4. The zero-order valence-electron chi connectivity index (χ0n) is 24.7. The first-order valence-electron chi connectivity index (χ1n) is 13.9. The van der Waals surface area contributed by atoms with Crippen LogP contribution < -0.4 is 9.64 Å². The number of hydrogen-bond donors (Lipinski definition) is 3. The van der Waals surface area contributed by atoms with Crippen molar-refractivity contribution in [1.82, 2.24) is 14.5 Å². The molecule has 0 spiro atoms. The van der Waals surface area contributed by atoms with Gasteiger partial charge in [-0.2, -0.15) is 0 Å². The quantitative estimate of drug-likeness (QED) is 0.247. The Bertz CT molecular complexity index is 1510. The Morgan fingerprint density at radius 1 is 1.05 bits per heavy atom. The highest BCUT2D eigenvalue weighted by atomic mass is 16.5. The fourth-order valence-corrected chi connectivity index (χ4v) is 5.12. The van der Waals surface area contributed by atoms with E-state index in [-0.39, 0.29) is 13.0 Å². The lowest BCUT2D eigenvalue weighted by atomic mass is 9.88. The van der Waals surface area contributed by atoms with Crippen molar-refractivity contribution in [1.29, 1.82) is 0 Å². The molecule has 9 nitrogen and oxygen atoms in total. The number of ether oxygens (including phenoxy) is 1. The summed E-state index contributed by atoms with van der Waals surface area (Å²) in [6.07, 6.45) is 3.75. The van der Waals surface area contributed by atoms with E-state index in [2.05, 4.69) is 56.7 Å². The summed E-state index contributed by atoms with van der Waals surface area (Å²) in [5.41, 5.74) is 7.54. The normalized spacial score (nSPS) is 12.7. The SMILES string of the molecule is CC(C)(C)O.Cc1ccc(-c2c(CC(=O)O)c(C)c3c4c2cc(C)n4CCN3c2ncc(OCCCO)cn2)cc1. The molecule has 0 saturated heterocycles. The number of carboxylic acids is 1. The van der Waals surface area contributed by atoms with Crippen molar-refractivity contribution < 1.29 is 24.9 Å². The Morgan fingerprint density at radius 3 is 2.27 bits per heavy atom. The van der Waals surface area contributed by atoms with Gasteiger partial charge >= 0.3 is 5.97 Å². The zero-order valence-corrected chi connectivity index (χ0v) is 24.7. The summed E-state index contributed by atoms with van der Waals surface area (Å²) >= 11 is 0. The van der Waals surface area contributed by atoms with Crippen LogP contribution in [0.3, 0.4) is 0 Å². The van der Waals surface area contributed by atoms with Gasteiger partial charge in [-0.05, 0) is 69.9 Å². The predicted octanol–water partition coefficient (Wildman–Crippen LogP) is 5.34. The highest BCUT2D eigenvalue weighted by molar-refractivity contribution is 6.08. The first kappa shape index (κ1) is 30.0. The van der Waals surface area contributed by atoms with E-state index in [1.807, 2.05) is 13.8 Å². The Hall–Kier alpha value is -3.95. The smallest absolute Gasteiger partial charge is 0.307 e. The molecule has 0 bridgehead atoms. The molecule has 4 aromatic rings. The van der Waals surface area contributed by atoms with Crippen LogP contribution in [-0.4, -0.2) is 61.2 Å². The van der Waals surface area contributed by atoms with Crippen molar-refractivity contribution in [3.63, 3.8) is 0 Å². The van der Waals surface area contributed by atoms with Gasteiger partial charge in [-0.15, -0.1) is 0 Å². The van der Waals surface area contributed by atoms with Gasteiger partial charge in [0.25, 0.3) is 0 Å². The number of aliphatic carboxylic acids is 1. The van der Waals surface area contributed by atoms with Gasteiger partial charge in [0.15, 0.2) is 5.75 Å².